The van der Waals surface area contributed by atoms with Gasteiger partial charge in [0.05, 0.1) is 0 Å². The zero-order valence-electron chi connectivity index (χ0n) is 16.8. The summed E-state index contributed by atoms with van der Waals surface area (Å²) in [6.45, 7) is 2.46. The Labute approximate surface area is 172 Å². The van der Waals surface area contributed by atoms with Crippen molar-refractivity contribution in [3.05, 3.63) is 89.7 Å². The van der Waals surface area contributed by atoms with E-state index in [1.54, 1.807) is 0 Å². The van der Waals surface area contributed by atoms with E-state index >= 15 is 0 Å². The third-order valence-corrected chi connectivity index (χ3v) is 5.50. The maximum Gasteiger partial charge on any atom is 0.293 e. The molecule has 1 aromatic heterocycles. The summed E-state index contributed by atoms with van der Waals surface area (Å²) >= 11 is 0. The number of rotatable bonds is 6. The standard InChI is InChI=1S/C25H26N2O2/c1-19(27-16-15-21-9-5-6-10-22(21)17-27)25(28)26-23-11-13-24(14-12-23)29-18-20-7-3-2-4-8-20/h2-4,7-8,11-17,19H,5-6,9-10,18H2,1H3/p+1/t19-/m0/s1. The van der Waals surface area contributed by atoms with Gasteiger partial charge in [-0.1, -0.05) is 30.3 Å². The molecule has 0 fully saturated rings. The van der Waals surface area contributed by atoms with Crippen molar-refractivity contribution in [3.8, 4) is 5.75 Å². The molecule has 3 aromatic rings. The van der Waals surface area contributed by atoms with Gasteiger partial charge < -0.3 is 10.1 Å². The lowest BCUT2D eigenvalue weighted by molar-refractivity contribution is -0.706. The maximum absolute atomic E-state index is 12.7. The van der Waals surface area contributed by atoms with Crippen LogP contribution < -0.4 is 14.6 Å². The van der Waals surface area contributed by atoms with Crippen LogP contribution in [0.15, 0.2) is 73.1 Å². The van der Waals surface area contributed by atoms with Gasteiger partial charge in [0.2, 0.25) is 6.04 Å². The number of nitrogens with zero attached hydrogens (tertiary/aromatic N) is 1. The number of aryl methyl sites for hydroxylation is 2. The molecule has 4 nitrogen and oxygen atoms in total. The van der Waals surface area contributed by atoms with Crippen LogP contribution in [0, 0.1) is 0 Å². The number of aromatic nitrogens is 1. The SMILES string of the molecule is C[C@@H](C(=O)Nc1ccc(OCc2ccccc2)cc1)[n+]1ccc2c(c1)CCCC2. The van der Waals surface area contributed by atoms with Crippen molar-refractivity contribution in [1.82, 2.24) is 0 Å². The molecular formula is C25H27N2O2+. The van der Waals surface area contributed by atoms with E-state index in [1.807, 2.05) is 72.3 Å². The molecule has 0 saturated heterocycles. The number of carbonyl (C=O) groups excluding carboxylic acids is 1. The number of anilines is 1. The molecule has 29 heavy (non-hydrogen) atoms. The van der Waals surface area contributed by atoms with Crippen molar-refractivity contribution in [2.24, 2.45) is 0 Å². The fourth-order valence-corrected chi connectivity index (χ4v) is 3.69. The Morgan fingerprint density at radius 1 is 1.00 bits per heavy atom. The number of hydrogen-bond donors (Lipinski definition) is 1. The van der Waals surface area contributed by atoms with Crippen LogP contribution in [0.2, 0.25) is 0 Å². The van der Waals surface area contributed by atoms with Crippen molar-refractivity contribution < 1.29 is 14.1 Å². The first kappa shape index (κ1) is 19.2. The lowest BCUT2D eigenvalue weighted by Gasteiger charge is -2.15. The van der Waals surface area contributed by atoms with E-state index in [1.165, 1.54) is 24.0 Å². The predicted octanol–water partition coefficient (Wildman–Crippen LogP) is 4.63. The molecule has 0 saturated carbocycles. The van der Waals surface area contributed by atoms with Gasteiger partial charge in [-0.3, -0.25) is 4.79 Å². The summed E-state index contributed by atoms with van der Waals surface area (Å²) in [6, 6.07) is 19.5. The molecule has 1 N–H and O–H groups in total. The summed E-state index contributed by atoms with van der Waals surface area (Å²) in [6.07, 6.45) is 8.91. The van der Waals surface area contributed by atoms with Crippen molar-refractivity contribution >= 4 is 11.6 Å². The summed E-state index contributed by atoms with van der Waals surface area (Å²) in [5.41, 5.74) is 4.69. The second-order valence-electron chi connectivity index (χ2n) is 7.61. The Bertz CT molecular complexity index is 968. The number of amides is 1. The lowest BCUT2D eigenvalue weighted by atomic mass is 9.93. The van der Waals surface area contributed by atoms with Crippen molar-refractivity contribution in [1.29, 1.82) is 0 Å². The summed E-state index contributed by atoms with van der Waals surface area (Å²) in [4.78, 5) is 12.7. The molecule has 4 heteroatoms. The molecule has 1 atom stereocenters. The van der Waals surface area contributed by atoms with Crippen LogP contribution in [0.25, 0.3) is 0 Å². The Morgan fingerprint density at radius 2 is 1.72 bits per heavy atom. The Balaban J connectivity index is 1.35. The first-order valence-corrected chi connectivity index (χ1v) is 10.3. The molecule has 1 heterocycles. The van der Waals surface area contributed by atoms with E-state index in [-0.39, 0.29) is 11.9 Å². The van der Waals surface area contributed by atoms with Crippen LogP contribution >= 0.6 is 0 Å². The van der Waals surface area contributed by atoms with E-state index < -0.39 is 0 Å². The largest absolute Gasteiger partial charge is 0.489 e. The molecule has 2 aromatic carbocycles. The smallest absolute Gasteiger partial charge is 0.293 e. The molecule has 0 spiro atoms. The summed E-state index contributed by atoms with van der Waals surface area (Å²) in [7, 11) is 0. The number of ether oxygens (including phenoxy) is 1. The third kappa shape index (κ3) is 4.83. The minimum absolute atomic E-state index is 0.0243. The summed E-state index contributed by atoms with van der Waals surface area (Å²) in [5, 5.41) is 3.01. The molecule has 148 valence electrons. The van der Waals surface area contributed by atoms with Gasteiger partial charge in [-0.15, -0.1) is 0 Å². The minimum atomic E-state index is -0.267. The molecule has 1 amide bonds. The van der Waals surface area contributed by atoms with Gasteiger partial charge in [0.25, 0.3) is 5.91 Å². The van der Waals surface area contributed by atoms with Gasteiger partial charge in [-0.05, 0) is 61.1 Å². The third-order valence-electron chi connectivity index (χ3n) is 5.50. The van der Waals surface area contributed by atoms with Gasteiger partial charge in [-0.25, -0.2) is 0 Å². The number of nitrogens with one attached hydrogen (secondary N) is 1. The average Bonchev–Trinajstić information content (AvgIpc) is 2.78. The first-order chi connectivity index (χ1) is 14.2. The molecule has 0 aliphatic heterocycles. The topological polar surface area (TPSA) is 42.2 Å². The molecule has 4 rings (SSSR count). The zero-order valence-corrected chi connectivity index (χ0v) is 16.8. The van der Waals surface area contributed by atoms with Crippen LogP contribution in [0.5, 0.6) is 5.75 Å². The zero-order chi connectivity index (χ0) is 20.1. The molecular weight excluding hydrogens is 360 g/mol. The van der Waals surface area contributed by atoms with Crippen LogP contribution in [-0.2, 0) is 24.2 Å². The highest BCUT2D eigenvalue weighted by Crippen LogP contribution is 2.20. The Morgan fingerprint density at radius 3 is 2.48 bits per heavy atom. The molecule has 0 radical (unpaired) electrons. The quantitative estimate of drug-likeness (QED) is 0.627. The van der Waals surface area contributed by atoms with E-state index in [4.69, 9.17) is 4.74 Å². The number of carbonyl (C=O) groups is 1. The number of hydrogen-bond acceptors (Lipinski definition) is 2. The van der Waals surface area contributed by atoms with Crippen molar-refractivity contribution in [2.75, 3.05) is 5.32 Å². The van der Waals surface area contributed by atoms with Gasteiger partial charge in [0.15, 0.2) is 12.4 Å². The molecule has 1 aliphatic rings. The average molecular weight is 388 g/mol. The fraction of sp³-hybridized carbons (Fsp3) is 0.280. The number of fused-ring (bicyclic) bond motifs is 1. The second kappa shape index (κ2) is 8.91. The lowest BCUT2D eigenvalue weighted by Crippen LogP contribution is -2.44. The van der Waals surface area contributed by atoms with E-state index in [0.29, 0.717) is 6.61 Å². The molecule has 1 aliphatic carbocycles. The number of pyridine rings is 1. The second-order valence-corrected chi connectivity index (χ2v) is 7.61. The van der Waals surface area contributed by atoms with Crippen molar-refractivity contribution in [2.45, 2.75) is 45.3 Å². The van der Waals surface area contributed by atoms with Crippen LogP contribution in [0.3, 0.4) is 0 Å². The van der Waals surface area contributed by atoms with E-state index in [0.717, 1.165) is 29.8 Å². The van der Waals surface area contributed by atoms with Crippen LogP contribution in [0.4, 0.5) is 5.69 Å². The highest BCUT2D eigenvalue weighted by Gasteiger charge is 2.24. The summed E-state index contributed by atoms with van der Waals surface area (Å²) in [5.74, 6) is 0.757. The van der Waals surface area contributed by atoms with Crippen LogP contribution in [-0.4, -0.2) is 5.91 Å². The maximum atomic E-state index is 12.7. The minimum Gasteiger partial charge on any atom is -0.489 e. The van der Waals surface area contributed by atoms with Crippen molar-refractivity contribution in [3.63, 3.8) is 0 Å². The normalized spacial score (nSPS) is 14.0. The monoisotopic (exact) mass is 387 g/mol. The molecule has 0 unspecified atom stereocenters. The van der Waals surface area contributed by atoms with Gasteiger partial charge >= 0.3 is 0 Å². The molecule has 0 bridgehead atoms. The predicted molar refractivity (Wildman–Crippen MR) is 114 cm³/mol. The highest BCUT2D eigenvalue weighted by atomic mass is 16.5. The highest BCUT2D eigenvalue weighted by molar-refractivity contribution is 5.92. The van der Waals surface area contributed by atoms with Gasteiger partial charge in [-0.2, -0.15) is 4.57 Å². The number of benzene rings is 2. The van der Waals surface area contributed by atoms with E-state index in [9.17, 15) is 4.79 Å². The summed E-state index contributed by atoms with van der Waals surface area (Å²) < 4.78 is 7.82. The van der Waals surface area contributed by atoms with Crippen LogP contribution in [0.1, 0.15) is 42.5 Å². The van der Waals surface area contributed by atoms with Gasteiger partial charge in [0.1, 0.15) is 12.4 Å². The Hall–Kier alpha value is -3.14. The van der Waals surface area contributed by atoms with Gasteiger partial charge in [0, 0.05) is 24.2 Å². The van der Waals surface area contributed by atoms with E-state index in [2.05, 4.69) is 17.6 Å². The first-order valence-electron chi connectivity index (χ1n) is 10.3. The Kier molecular flexibility index (Phi) is 5.89. The fourth-order valence-electron chi connectivity index (χ4n) is 3.69.